The van der Waals surface area contributed by atoms with Gasteiger partial charge in [0.15, 0.2) is 0 Å². The van der Waals surface area contributed by atoms with Crippen molar-refractivity contribution in [2.45, 2.75) is 13.0 Å². The van der Waals surface area contributed by atoms with Crippen LogP contribution in [0.1, 0.15) is 21.5 Å². The van der Waals surface area contributed by atoms with E-state index in [1.165, 1.54) is 11.6 Å². The maximum Gasteiger partial charge on any atom is 0.255 e. The van der Waals surface area contributed by atoms with Crippen molar-refractivity contribution in [1.82, 2.24) is 5.32 Å². The lowest BCUT2D eigenvalue weighted by Gasteiger charge is -2.17. The highest BCUT2D eigenvalue weighted by Gasteiger charge is 2.14. The zero-order valence-electron chi connectivity index (χ0n) is 11.2. The molecule has 3 rings (SSSR count). The van der Waals surface area contributed by atoms with Crippen LogP contribution in [0.2, 0.25) is 0 Å². The molecule has 2 aromatic rings. The van der Waals surface area contributed by atoms with E-state index in [9.17, 15) is 13.6 Å². The minimum Gasteiger partial charge on any atom is -0.319 e. The Morgan fingerprint density at radius 3 is 2.76 bits per heavy atom. The summed E-state index contributed by atoms with van der Waals surface area (Å²) in [6.07, 6.45) is 0.934. The first-order valence-corrected chi connectivity index (χ1v) is 6.72. The molecule has 1 amide bonds. The predicted molar refractivity (Wildman–Crippen MR) is 76.2 cm³/mol. The van der Waals surface area contributed by atoms with Crippen molar-refractivity contribution in [3.8, 4) is 0 Å². The van der Waals surface area contributed by atoms with Crippen molar-refractivity contribution in [2.24, 2.45) is 0 Å². The minimum atomic E-state index is -0.789. The van der Waals surface area contributed by atoms with E-state index in [4.69, 9.17) is 0 Å². The number of carbonyl (C=O) groups is 1. The summed E-state index contributed by atoms with van der Waals surface area (Å²) in [6.45, 7) is 1.65. The molecule has 0 spiro atoms. The van der Waals surface area contributed by atoms with Gasteiger partial charge in [-0.25, -0.2) is 8.78 Å². The van der Waals surface area contributed by atoms with Crippen LogP contribution in [0.3, 0.4) is 0 Å². The predicted octanol–water partition coefficient (Wildman–Crippen LogP) is 2.86. The Morgan fingerprint density at radius 1 is 1.10 bits per heavy atom. The molecule has 0 saturated heterocycles. The van der Waals surface area contributed by atoms with Crippen LogP contribution in [0.4, 0.5) is 14.5 Å². The molecule has 1 aliphatic heterocycles. The molecule has 1 heterocycles. The molecule has 3 nitrogen and oxygen atoms in total. The highest BCUT2D eigenvalue weighted by atomic mass is 19.1. The van der Waals surface area contributed by atoms with E-state index in [1.807, 2.05) is 6.07 Å². The zero-order chi connectivity index (χ0) is 14.8. The van der Waals surface area contributed by atoms with Gasteiger partial charge < -0.3 is 10.6 Å². The van der Waals surface area contributed by atoms with Crippen LogP contribution in [0.25, 0.3) is 0 Å². The normalized spacial score (nSPS) is 13.6. The monoisotopic (exact) mass is 288 g/mol. The van der Waals surface area contributed by atoms with Gasteiger partial charge in [-0.15, -0.1) is 0 Å². The van der Waals surface area contributed by atoms with E-state index in [1.54, 1.807) is 12.1 Å². The van der Waals surface area contributed by atoms with Gasteiger partial charge in [0.05, 0.1) is 5.69 Å². The fraction of sp³-hybridized carbons (Fsp3) is 0.188. The molecule has 0 bridgehead atoms. The molecule has 21 heavy (non-hydrogen) atoms. The highest BCUT2D eigenvalue weighted by molar-refractivity contribution is 6.04. The largest absolute Gasteiger partial charge is 0.319 e. The number of fused-ring (bicyclic) bond motifs is 1. The summed E-state index contributed by atoms with van der Waals surface area (Å²) in [6, 6.07) is 8.51. The summed E-state index contributed by atoms with van der Waals surface area (Å²) < 4.78 is 26.4. The molecule has 0 atom stereocenters. The van der Waals surface area contributed by atoms with Crippen molar-refractivity contribution in [1.29, 1.82) is 0 Å². The van der Waals surface area contributed by atoms with Crippen molar-refractivity contribution >= 4 is 11.6 Å². The molecule has 0 aliphatic carbocycles. The Labute approximate surface area is 121 Å². The molecule has 0 fully saturated rings. The van der Waals surface area contributed by atoms with E-state index in [0.717, 1.165) is 37.2 Å². The van der Waals surface area contributed by atoms with Gasteiger partial charge in [-0.3, -0.25) is 4.79 Å². The van der Waals surface area contributed by atoms with E-state index in [0.29, 0.717) is 5.56 Å². The van der Waals surface area contributed by atoms with Crippen LogP contribution in [-0.4, -0.2) is 12.5 Å². The maximum absolute atomic E-state index is 13.5. The van der Waals surface area contributed by atoms with Gasteiger partial charge >= 0.3 is 0 Å². The third kappa shape index (κ3) is 2.92. The van der Waals surface area contributed by atoms with Crippen LogP contribution in [0, 0.1) is 11.6 Å². The van der Waals surface area contributed by atoms with Crippen LogP contribution in [-0.2, 0) is 13.0 Å². The standard InChI is InChI=1S/C16H14F2N2O/c17-13-3-4-15(14(18)8-13)20-16(21)11-2-1-10-5-6-19-9-12(10)7-11/h1-4,7-8,19H,5-6,9H2,(H,20,21). The van der Waals surface area contributed by atoms with E-state index < -0.39 is 17.5 Å². The van der Waals surface area contributed by atoms with Crippen molar-refractivity contribution in [3.63, 3.8) is 0 Å². The number of amides is 1. The molecular formula is C16H14F2N2O. The number of benzene rings is 2. The molecule has 0 saturated carbocycles. The number of halogens is 2. The first-order valence-electron chi connectivity index (χ1n) is 6.72. The minimum absolute atomic E-state index is 0.0303. The first-order chi connectivity index (χ1) is 10.1. The number of hydrogen-bond donors (Lipinski definition) is 2. The number of carbonyl (C=O) groups excluding carboxylic acids is 1. The van der Waals surface area contributed by atoms with Gasteiger partial charge in [0.25, 0.3) is 5.91 Å². The first kappa shape index (κ1) is 13.7. The molecule has 0 unspecified atom stereocenters. The van der Waals surface area contributed by atoms with Gasteiger partial charge in [-0.1, -0.05) is 6.07 Å². The second kappa shape index (κ2) is 5.61. The van der Waals surface area contributed by atoms with Gasteiger partial charge in [0.2, 0.25) is 0 Å². The Kier molecular flexibility index (Phi) is 3.66. The second-order valence-corrected chi connectivity index (χ2v) is 4.99. The number of rotatable bonds is 2. The third-order valence-corrected chi connectivity index (χ3v) is 3.53. The Bertz CT molecular complexity index is 701. The van der Waals surface area contributed by atoms with Crippen LogP contribution < -0.4 is 10.6 Å². The second-order valence-electron chi connectivity index (χ2n) is 4.99. The van der Waals surface area contributed by atoms with Crippen molar-refractivity contribution in [3.05, 3.63) is 64.7 Å². The summed E-state index contributed by atoms with van der Waals surface area (Å²) in [4.78, 5) is 12.1. The summed E-state index contributed by atoms with van der Waals surface area (Å²) >= 11 is 0. The molecule has 108 valence electrons. The maximum atomic E-state index is 13.5. The number of nitrogens with one attached hydrogen (secondary N) is 2. The average molecular weight is 288 g/mol. The summed E-state index contributed by atoms with van der Waals surface area (Å²) in [5.74, 6) is -1.87. The molecule has 2 N–H and O–H groups in total. The lowest BCUT2D eigenvalue weighted by molar-refractivity contribution is 0.102. The topological polar surface area (TPSA) is 41.1 Å². The smallest absolute Gasteiger partial charge is 0.255 e. The average Bonchev–Trinajstić information content (AvgIpc) is 2.49. The SMILES string of the molecule is O=C(Nc1ccc(F)cc1F)c1ccc2c(c1)CNCC2. The van der Waals surface area contributed by atoms with Gasteiger partial charge in [-0.2, -0.15) is 0 Å². The van der Waals surface area contributed by atoms with Gasteiger partial charge in [0.1, 0.15) is 11.6 Å². The number of hydrogen-bond acceptors (Lipinski definition) is 2. The Hall–Kier alpha value is -2.27. The molecule has 0 aromatic heterocycles. The fourth-order valence-electron chi connectivity index (χ4n) is 2.41. The lowest BCUT2D eigenvalue weighted by atomic mass is 9.98. The Morgan fingerprint density at radius 2 is 1.95 bits per heavy atom. The van der Waals surface area contributed by atoms with Crippen LogP contribution in [0.15, 0.2) is 36.4 Å². The highest BCUT2D eigenvalue weighted by Crippen LogP contribution is 2.19. The van der Waals surface area contributed by atoms with Gasteiger partial charge in [0, 0.05) is 18.2 Å². The van der Waals surface area contributed by atoms with E-state index in [2.05, 4.69) is 10.6 Å². The van der Waals surface area contributed by atoms with E-state index in [-0.39, 0.29) is 5.69 Å². The molecular weight excluding hydrogens is 274 g/mol. The van der Waals surface area contributed by atoms with E-state index >= 15 is 0 Å². The molecule has 2 aromatic carbocycles. The molecule has 5 heteroatoms. The van der Waals surface area contributed by atoms with Crippen LogP contribution >= 0.6 is 0 Å². The molecule has 0 radical (unpaired) electrons. The fourth-order valence-corrected chi connectivity index (χ4v) is 2.41. The Balaban J connectivity index is 1.82. The zero-order valence-corrected chi connectivity index (χ0v) is 11.2. The van der Waals surface area contributed by atoms with Crippen molar-refractivity contribution in [2.75, 3.05) is 11.9 Å². The van der Waals surface area contributed by atoms with Gasteiger partial charge in [-0.05, 0) is 48.4 Å². The number of anilines is 1. The summed E-state index contributed by atoms with van der Waals surface area (Å²) in [5, 5.41) is 5.70. The van der Waals surface area contributed by atoms with Crippen LogP contribution in [0.5, 0.6) is 0 Å². The third-order valence-electron chi connectivity index (χ3n) is 3.53. The molecule has 1 aliphatic rings. The quantitative estimate of drug-likeness (QED) is 0.892. The summed E-state index contributed by atoms with van der Waals surface area (Å²) in [5.41, 5.74) is 2.73. The lowest BCUT2D eigenvalue weighted by Crippen LogP contribution is -2.24. The summed E-state index contributed by atoms with van der Waals surface area (Å²) in [7, 11) is 0. The van der Waals surface area contributed by atoms with Crippen molar-refractivity contribution < 1.29 is 13.6 Å².